The van der Waals surface area contributed by atoms with Crippen LogP contribution in [0.2, 0.25) is 0 Å². The monoisotopic (exact) mass is 548 g/mol. The molecule has 0 bridgehead atoms. The fraction of sp³-hybridized carbons (Fsp3) is 0.333. The summed E-state index contributed by atoms with van der Waals surface area (Å²) in [5.41, 5.74) is 6.12. The third kappa shape index (κ3) is 6.45. The molecule has 0 saturated carbocycles. The Labute approximate surface area is 243 Å². The lowest BCUT2D eigenvalue weighted by Gasteiger charge is -2.31. The van der Waals surface area contributed by atoms with E-state index < -0.39 is 5.41 Å². The zero-order valence-electron chi connectivity index (χ0n) is 24.0. The minimum Gasteiger partial charge on any atom is -0.493 e. The zero-order valence-corrected chi connectivity index (χ0v) is 24.0. The Morgan fingerprint density at radius 2 is 1.59 bits per heavy atom. The molecule has 0 radical (unpaired) electrons. The fourth-order valence-corrected chi connectivity index (χ4v) is 6.26. The summed E-state index contributed by atoms with van der Waals surface area (Å²) in [6, 6.07) is 26.4. The van der Waals surface area contributed by atoms with Crippen LogP contribution in [0, 0.1) is 0 Å². The van der Waals surface area contributed by atoms with E-state index in [-0.39, 0.29) is 17.9 Å². The maximum Gasteiger partial charge on any atom is 0.235 e. The number of hydrogen-bond donors (Lipinski definition) is 2. The molecule has 0 spiro atoms. The Hall–Kier alpha value is -4.12. The van der Waals surface area contributed by atoms with E-state index in [4.69, 9.17) is 4.74 Å². The number of fused-ring (bicyclic) bond motifs is 3. The van der Waals surface area contributed by atoms with Gasteiger partial charge in [0.1, 0.15) is 11.2 Å². The molecule has 3 aromatic rings. The molecule has 0 saturated heterocycles. The summed E-state index contributed by atoms with van der Waals surface area (Å²) >= 11 is 0. The number of unbranched alkanes of at least 4 members (excludes halogenated alkanes) is 1. The van der Waals surface area contributed by atoms with E-state index in [2.05, 4.69) is 59.7 Å². The maximum atomic E-state index is 13.9. The predicted molar refractivity (Wildman–Crippen MR) is 165 cm³/mol. The van der Waals surface area contributed by atoms with Gasteiger partial charge < -0.3 is 15.4 Å². The van der Waals surface area contributed by atoms with Gasteiger partial charge in [0.2, 0.25) is 11.8 Å². The average molecular weight is 549 g/mol. The van der Waals surface area contributed by atoms with Crippen molar-refractivity contribution in [2.75, 3.05) is 13.2 Å². The molecule has 0 aromatic heterocycles. The van der Waals surface area contributed by atoms with Crippen molar-refractivity contribution in [3.8, 4) is 16.9 Å². The Bertz CT molecular complexity index is 1380. The molecule has 2 aliphatic rings. The second kappa shape index (κ2) is 13.0. The molecule has 5 nitrogen and oxygen atoms in total. The van der Waals surface area contributed by atoms with Crippen molar-refractivity contribution in [1.29, 1.82) is 0 Å². The van der Waals surface area contributed by atoms with Crippen LogP contribution in [-0.4, -0.2) is 31.0 Å². The molecule has 0 heterocycles. The Morgan fingerprint density at radius 1 is 0.927 bits per heavy atom. The molecule has 2 aliphatic carbocycles. The average Bonchev–Trinajstić information content (AvgIpc) is 3.55. The third-order valence-corrected chi connectivity index (χ3v) is 8.21. The Morgan fingerprint density at radius 3 is 2.27 bits per heavy atom. The molecule has 1 unspecified atom stereocenters. The molecule has 1 atom stereocenters. The van der Waals surface area contributed by atoms with E-state index in [1.165, 1.54) is 5.57 Å². The lowest BCUT2D eigenvalue weighted by Crippen LogP contribution is -2.44. The number of carbonyl (C=O) groups is 2. The number of benzene rings is 3. The first-order valence-corrected chi connectivity index (χ1v) is 14.7. The maximum absolute atomic E-state index is 13.9. The lowest BCUT2D eigenvalue weighted by atomic mass is 9.73. The lowest BCUT2D eigenvalue weighted by molar-refractivity contribution is -0.125. The van der Waals surface area contributed by atoms with Crippen LogP contribution in [0.25, 0.3) is 11.1 Å². The molecule has 2 amide bonds. The molecule has 212 valence electrons. The van der Waals surface area contributed by atoms with Gasteiger partial charge >= 0.3 is 0 Å². The number of ether oxygens (including phenoxy) is 1. The molecule has 5 rings (SSSR count). The van der Waals surface area contributed by atoms with Crippen LogP contribution in [0.5, 0.6) is 5.75 Å². The van der Waals surface area contributed by atoms with Crippen molar-refractivity contribution in [3.05, 3.63) is 114 Å². The third-order valence-electron chi connectivity index (χ3n) is 8.21. The fourth-order valence-electron chi connectivity index (χ4n) is 6.26. The molecule has 0 aliphatic heterocycles. The number of rotatable bonds is 13. The molecule has 5 heteroatoms. The minimum absolute atomic E-state index is 0.0295. The van der Waals surface area contributed by atoms with Gasteiger partial charge in [-0.15, -0.1) is 0 Å². The SMILES string of the molecule is C=C(C)CNC(=O)C1(CCCCC2=CCC(NC(=O)CCOc3ccccc3)C2)c2ccccc2-c2ccccc21. The van der Waals surface area contributed by atoms with Crippen LogP contribution < -0.4 is 15.4 Å². The number of nitrogens with one attached hydrogen (secondary N) is 2. The van der Waals surface area contributed by atoms with Crippen LogP contribution in [0.3, 0.4) is 0 Å². The van der Waals surface area contributed by atoms with Crippen LogP contribution in [0.1, 0.15) is 63.0 Å². The minimum atomic E-state index is -0.703. The van der Waals surface area contributed by atoms with Gasteiger partial charge in [-0.1, -0.05) is 97.0 Å². The van der Waals surface area contributed by atoms with Crippen LogP contribution in [0.4, 0.5) is 0 Å². The van der Waals surface area contributed by atoms with E-state index >= 15 is 0 Å². The Balaban J connectivity index is 1.15. The predicted octanol–water partition coefficient (Wildman–Crippen LogP) is 6.88. The van der Waals surface area contributed by atoms with Crippen LogP contribution in [-0.2, 0) is 15.0 Å². The number of hydrogen-bond acceptors (Lipinski definition) is 3. The van der Waals surface area contributed by atoms with Gasteiger partial charge in [0.15, 0.2) is 0 Å². The largest absolute Gasteiger partial charge is 0.493 e. The summed E-state index contributed by atoms with van der Waals surface area (Å²) in [5.74, 6) is 0.864. The highest BCUT2D eigenvalue weighted by atomic mass is 16.5. The van der Waals surface area contributed by atoms with Crippen LogP contribution >= 0.6 is 0 Å². The van der Waals surface area contributed by atoms with Gasteiger partial charge in [-0.3, -0.25) is 9.59 Å². The molecule has 3 aromatic carbocycles. The smallest absolute Gasteiger partial charge is 0.235 e. The summed E-state index contributed by atoms with van der Waals surface area (Å²) in [7, 11) is 0. The van der Waals surface area contributed by atoms with Crippen molar-refractivity contribution in [2.24, 2.45) is 0 Å². The number of amides is 2. The van der Waals surface area contributed by atoms with Gasteiger partial charge in [-0.2, -0.15) is 0 Å². The van der Waals surface area contributed by atoms with Crippen molar-refractivity contribution in [3.63, 3.8) is 0 Å². The van der Waals surface area contributed by atoms with Gasteiger partial charge in [-0.05, 0) is 73.4 Å². The second-order valence-corrected chi connectivity index (χ2v) is 11.3. The van der Waals surface area contributed by atoms with E-state index in [0.717, 1.165) is 72.1 Å². The van der Waals surface area contributed by atoms with Crippen molar-refractivity contribution >= 4 is 11.8 Å². The van der Waals surface area contributed by atoms with Crippen molar-refractivity contribution in [2.45, 2.75) is 63.3 Å². The summed E-state index contributed by atoms with van der Waals surface area (Å²) < 4.78 is 5.66. The quantitative estimate of drug-likeness (QED) is 0.181. The van der Waals surface area contributed by atoms with Crippen molar-refractivity contribution in [1.82, 2.24) is 10.6 Å². The van der Waals surface area contributed by atoms with Gasteiger partial charge in [0.05, 0.1) is 13.0 Å². The first-order valence-electron chi connectivity index (χ1n) is 14.7. The van der Waals surface area contributed by atoms with Gasteiger partial charge in [-0.25, -0.2) is 0 Å². The van der Waals surface area contributed by atoms with Gasteiger partial charge in [0.25, 0.3) is 0 Å². The summed E-state index contributed by atoms with van der Waals surface area (Å²) in [6.07, 6.45) is 8.04. The van der Waals surface area contributed by atoms with Crippen molar-refractivity contribution < 1.29 is 14.3 Å². The highest BCUT2D eigenvalue weighted by Crippen LogP contribution is 2.51. The van der Waals surface area contributed by atoms with Gasteiger partial charge in [0, 0.05) is 12.6 Å². The second-order valence-electron chi connectivity index (χ2n) is 11.3. The summed E-state index contributed by atoms with van der Waals surface area (Å²) in [6.45, 7) is 6.77. The van der Waals surface area contributed by atoms with E-state index in [0.29, 0.717) is 19.6 Å². The standard InChI is InChI=1S/C36H40N2O3/c1-26(2)25-37-35(40)36(32-17-8-6-15-30(32)31-16-7-9-18-33(31)36)22-11-10-12-27-19-20-28(24-27)38-34(39)21-23-41-29-13-4-3-5-14-29/h3-9,13-19,28H,1,10-12,20-25H2,2H3,(H,37,40)(H,38,39). The highest BCUT2D eigenvalue weighted by Gasteiger charge is 2.48. The number of carbonyl (C=O) groups excluding carboxylic acids is 2. The highest BCUT2D eigenvalue weighted by molar-refractivity contribution is 6.00. The molecule has 2 N–H and O–H groups in total. The van der Waals surface area contributed by atoms with E-state index in [1.54, 1.807) is 0 Å². The molecular weight excluding hydrogens is 508 g/mol. The molecule has 41 heavy (non-hydrogen) atoms. The summed E-state index contributed by atoms with van der Waals surface area (Å²) in [4.78, 5) is 26.4. The molecule has 0 fully saturated rings. The summed E-state index contributed by atoms with van der Waals surface area (Å²) in [5, 5.41) is 6.34. The topological polar surface area (TPSA) is 67.4 Å². The number of para-hydroxylation sites is 1. The normalized spacial score (nSPS) is 16.3. The Kier molecular flexibility index (Phi) is 9.03. The van der Waals surface area contributed by atoms with E-state index in [1.807, 2.05) is 49.4 Å². The zero-order chi connectivity index (χ0) is 28.7. The molecular formula is C36H40N2O3. The first-order chi connectivity index (χ1) is 20.0. The first kappa shape index (κ1) is 28.4. The van der Waals surface area contributed by atoms with E-state index in [9.17, 15) is 9.59 Å². The van der Waals surface area contributed by atoms with Crippen LogP contribution in [0.15, 0.2) is 103 Å².